The Morgan fingerprint density at radius 2 is 1.90 bits per heavy atom. The minimum Gasteiger partial charge on any atom is -0.476 e. The second-order valence-electron chi connectivity index (χ2n) is 12.0. The van der Waals surface area contributed by atoms with Gasteiger partial charge in [0.15, 0.2) is 5.69 Å². The molecule has 9 nitrogen and oxygen atoms in total. The molecule has 1 aromatic heterocycles. The Balaban J connectivity index is 2.34. The molecule has 6 atom stereocenters. The number of likely N-dealkylation sites (tertiary alicyclic amines) is 1. The number of aliphatic hydroxyl groups is 1. The van der Waals surface area contributed by atoms with E-state index in [1.54, 1.807) is 0 Å². The summed E-state index contributed by atoms with van der Waals surface area (Å²) in [5.74, 6) is -0.907. The third-order valence-electron chi connectivity index (χ3n) is 8.41. The molecule has 10 heteroatoms. The molecule has 0 bridgehead atoms. The summed E-state index contributed by atoms with van der Waals surface area (Å²) in [6.07, 6.45) is 5.81. The highest BCUT2D eigenvalue weighted by Gasteiger charge is 2.38. The Morgan fingerprint density at radius 1 is 1.20 bits per heavy atom. The number of piperidine rings is 1. The first-order valence-electron chi connectivity index (χ1n) is 15.1. The number of unbranched alkanes of at least 4 members (excludes halogenated alkanes) is 3. The number of likely N-dealkylation sites (N-methyl/N-ethyl adjacent to an activating group) is 1. The zero-order valence-electron chi connectivity index (χ0n) is 25.6. The van der Waals surface area contributed by atoms with Crippen molar-refractivity contribution in [2.75, 3.05) is 20.1 Å². The summed E-state index contributed by atoms with van der Waals surface area (Å²) in [6, 6.07) is -1.22. The second kappa shape index (κ2) is 16.4. The zero-order valence-corrected chi connectivity index (χ0v) is 26.4. The molecule has 3 N–H and O–H groups in total. The smallest absolute Gasteiger partial charge is 0.355 e. The Kier molecular flexibility index (Phi) is 14.0. The van der Waals surface area contributed by atoms with Crippen molar-refractivity contribution >= 4 is 29.1 Å². The molecule has 40 heavy (non-hydrogen) atoms. The van der Waals surface area contributed by atoms with Gasteiger partial charge in [-0.05, 0) is 50.6 Å². The Hall–Kier alpha value is -2.04. The first-order chi connectivity index (χ1) is 18.9. The molecule has 1 aliphatic rings. The summed E-state index contributed by atoms with van der Waals surface area (Å²) in [4.78, 5) is 47.2. The number of hydrogen-bond donors (Lipinski definition) is 3. The number of rotatable bonds is 16. The molecule has 228 valence electrons. The SMILES string of the molecule is CCCCCCN(C(=O)[C@@H](NC(=O)[C@H]1C[C@H](C)CCN1C)[C@@H](C)CC)[C@H](C[C@@H](O)c1nc(C(=O)O)cs1)C(C)C. The lowest BCUT2D eigenvalue weighted by molar-refractivity contribution is -0.143. The van der Waals surface area contributed by atoms with Crippen LogP contribution >= 0.6 is 11.3 Å². The van der Waals surface area contributed by atoms with Gasteiger partial charge in [-0.15, -0.1) is 11.3 Å². The fraction of sp³-hybridized carbons (Fsp3) is 0.800. The number of nitrogens with zero attached hydrogens (tertiary/aromatic N) is 3. The van der Waals surface area contributed by atoms with Crippen molar-refractivity contribution in [3.63, 3.8) is 0 Å². The summed E-state index contributed by atoms with van der Waals surface area (Å²) in [7, 11) is 1.97. The van der Waals surface area contributed by atoms with E-state index in [4.69, 9.17) is 0 Å². The Labute approximate surface area is 244 Å². The Morgan fingerprint density at radius 3 is 2.48 bits per heavy atom. The van der Waals surface area contributed by atoms with Crippen LogP contribution in [0.2, 0.25) is 0 Å². The molecule has 2 amide bonds. The number of nitrogens with one attached hydrogen (secondary N) is 1. The van der Waals surface area contributed by atoms with Gasteiger partial charge in [0.25, 0.3) is 0 Å². The molecule has 0 saturated carbocycles. The number of carbonyl (C=O) groups excluding carboxylic acids is 2. The van der Waals surface area contributed by atoms with Crippen molar-refractivity contribution < 1.29 is 24.6 Å². The maximum absolute atomic E-state index is 14.4. The third kappa shape index (κ3) is 9.52. The predicted octanol–water partition coefficient (Wildman–Crippen LogP) is 4.96. The first-order valence-corrected chi connectivity index (χ1v) is 16.0. The number of hydrogen-bond acceptors (Lipinski definition) is 7. The van der Waals surface area contributed by atoms with Gasteiger partial charge in [0.2, 0.25) is 11.8 Å². The van der Waals surface area contributed by atoms with Crippen LogP contribution in [0, 0.1) is 17.8 Å². The van der Waals surface area contributed by atoms with Crippen LogP contribution < -0.4 is 5.32 Å². The van der Waals surface area contributed by atoms with E-state index in [2.05, 4.69) is 29.0 Å². The van der Waals surface area contributed by atoms with Crippen LogP contribution in [-0.4, -0.2) is 81.0 Å². The summed E-state index contributed by atoms with van der Waals surface area (Å²) >= 11 is 1.12. The van der Waals surface area contributed by atoms with Gasteiger partial charge in [-0.1, -0.05) is 67.2 Å². The predicted molar refractivity (Wildman–Crippen MR) is 159 cm³/mol. The molecule has 1 saturated heterocycles. The van der Waals surface area contributed by atoms with Crippen molar-refractivity contribution in [2.24, 2.45) is 17.8 Å². The van der Waals surface area contributed by atoms with Crippen LogP contribution in [0.1, 0.15) is 115 Å². The summed E-state index contributed by atoms with van der Waals surface area (Å²) in [5, 5.41) is 25.3. The lowest BCUT2D eigenvalue weighted by Crippen LogP contribution is -2.59. The molecule has 0 aliphatic carbocycles. The van der Waals surface area contributed by atoms with Gasteiger partial charge in [-0.3, -0.25) is 14.5 Å². The normalized spacial score (nSPS) is 21.0. The van der Waals surface area contributed by atoms with E-state index in [1.165, 1.54) is 5.38 Å². The quantitative estimate of drug-likeness (QED) is 0.236. The highest BCUT2D eigenvalue weighted by Crippen LogP contribution is 2.29. The van der Waals surface area contributed by atoms with E-state index in [-0.39, 0.29) is 47.8 Å². The molecule has 2 rings (SSSR count). The van der Waals surface area contributed by atoms with Crippen LogP contribution in [0.4, 0.5) is 0 Å². The molecule has 1 aliphatic heterocycles. The number of thiazole rings is 1. The molecule has 0 unspecified atom stereocenters. The number of aliphatic hydroxyl groups excluding tert-OH is 1. The molecule has 1 aromatic rings. The van der Waals surface area contributed by atoms with Crippen molar-refractivity contribution in [3.05, 3.63) is 16.1 Å². The van der Waals surface area contributed by atoms with E-state index >= 15 is 0 Å². The van der Waals surface area contributed by atoms with Gasteiger partial charge in [-0.25, -0.2) is 9.78 Å². The highest BCUT2D eigenvalue weighted by atomic mass is 32.1. The molecule has 1 fully saturated rings. The van der Waals surface area contributed by atoms with Crippen LogP contribution in [0.3, 0.4) is 0 Å². The van der Waals surface area contributed by atoms with Gasteiger partial charge in [-0.2, -0.15) is 0 Å². The van der Waals surface area contributed by atoms with Crippen molar-refractivity contribution in [1.29, 1.82) is 0 Å². The van der Waals surface area contributed by atoms with Gasteiger partial charge < -0.3 is 20.4 Å². The topological polar surface area (TPSA) is 123 Å². The summed E-state index contributed by atoms with van der Waals surface area (Å²) < 4.78 is 0. The number of amides is 2. The minimum absolute atomic E-state index is 0.0299. The molecular formula is C30H52N4O5S. The van der Waals surface area contributed by atoms with E-state index < -0.39 is 18.1 Å². The largest absolute Gasteiger partial charge is 0.476 e. The number of carboxylic acid groups (broad SMARTS) is 1. The maximum atomic E-state index is 14.4. The average molecular weight is 581 g/mol. The highest BCUT2D eigenvalue weighted by molar-refractivity contribution is 7.09. The first kappa shape index (κ1) is 34.2. The lowest BCUT2D eigenvalue weighted by Gasteiger charge is -2.40. The average Bonchev–Trinajstić information content (AvgIpc) is 3.42. The van der Waals surface area contributed by atoms with Crippen LogP contribution in [0.15, 0.2) is 5.38 Å². The minimum atomic E-state index is -1.13. The van der Waals surface area contributed by atoms with Gasteiger partial charge in [0, 0.05) is 24.4 Å². The molecule has 0 radical (unpaired) electrons. The number of aromatic nitrogens is 1. The third-order valence-corrected chi connectivity index (χ3v) is 9.35. The van der Waals surface area contributed by atoms with Gasteiger partial charge in [0.1, 0.15) is 17.2 Å². The molecule has 0 spiro atoms. The Bertz CT molecular complexity index is 954. The fourth-order valence-corrected chi connectivity index (χ4v) is 6.24. The van der Waals surface area contributed by atoms with Crippen LogP contribution in [-0.2, 0) is 9.59 Å². The fourth-order valence-electron chi connectivity index (χ4n) is 5.45. The number of carboxylic acids is 1. The van der Waals surface area contributed by atoms with E-state index in [1.807, 2.05) is 39.6 Å². The number of aromatic carboxylic acids is 1. The van der Waals surface area contributed by atoms with Crippen molar-refractivity contribution in [3.8, 4) is 0 Å². The zero-order chi connectivity index (χ0) is 30.0. The molecule has 2 heterocycles. The van der Waals surface area contributed by atoms with E-state index in [0.29, 0.717) is 17.5 Å². The van der Waals surface area contributed by atoms with Crippen LogP contribution in [0.5, 0.6) is 0 Å². The monoisotopic (exact) mass is 580 g/mol. The standard InChI is InChI=1S/C30H52N4O5S/c1-8-10-11-12-14-34(23(19(3)4)17-25(35)28-31-22(18-40-28)30(38)39)29(37)26(21(6)9-2)32-27(36)24-16-20(5)13-15-33(24)7/h18-21,23-26,35H,8-17H2,1-7H3,(H,32,36)(H,38,39)/t20-,21+,23-,24-,25-,26+/m1/s1. The summed E-state index contributed by atoms with van der Waals surface area (Å²) in [6.45, 7) is 13.8. The van der Waals surface area contributed by atoms with Gasteiger partial charge >= 0.3 is 5.97 Å². The second-order valence-corrected chi connectivity index (χ2v) is 12.9. The number of carbonyl (C=O) groups is 3. The maximum Gasteiger partial charge on any atom is 0.355 e. The van der Waals surface area contributed by atoms with Gasteiger partial charge in [0.05, 0.1) is 6.04 Å². The summed E-state index contributed by atoms with van der Waals surface area (Å²) in [5.41, 5.74) is -0.0887. The van der Waals surface area contributed by atoms with Crippen LogP contribution in [0.25, 0.3) is 0 Å². The van der Waals surface area contributed by atoms with E-state index in [9.17, 15) is 24.6 Å². The molecule has 0 aromatic carbocycles. The van der Waals surface area contributed by atoms with Crippen molar-refractivity contribution in [1.82, 2.24) is 20.1 Å². The lowest BCUT2D eigenvalue weighted by atomic mass is 9.90. The molecular weight excluding hydrogens is 528 g/mol. The van der Waals surface area contributed by atoms with E-state index in [0.717, 1.165) is 62.8 Å². The van der Waals surface area contributed by atoms with Crippen molar-refractivity contribution in [2.45, 2.75) is 117 Å².